The number of carboxylic acid groups (broad SMARTS) is 1. The van der Waals surface area contributed by atoms with Crippen LogP contribution in [0, 0.1) is 5.41 Å². The molecule has 1 fully saturated rings. The number of aromatic amines is 1. The Bertz CT molecular complexity index is 429. The zero-order valence-electron chi connectivity index (χ0n) is 9.64. The quantitative estimate of drug-likeness (QED) is 0.794. The second-order valence-corrected chi connectivity index (χ2v) is 4.66. The molecule has 0 aromatic carbocycles. The van der Waals surface area contributed by atoms with E-state index in [0.717, 1.165) is 0 Å². The minimum Gasteiger partial charge on any atom is -0.481 e. The Hall–Kier alpha value is -1.85. The first kappa shape index (κ1) is 11.6. The third-order valence-electron chi connectivity index (χ3n) is 3.23. The fourth-order valence-corrected chi connectivity index (χ4v) is 2.13. The first-order chi connectivity index (χ1) is 8.03. The van der Waals surface area contributed by atoms with Gasteiger partial charge in [-0.15, -0.1) is 0 Å². The molecule has 1 saturated heterocycles. The highest BCUT2D eigenvalue weighted by atomic mass is 16.4. The smallest absolute Gasteiger partial charge is 0.311 e. The highest BCUT2D eigenvalue weighted by Gasteiger charge is 2.39. The fraction of sp³-hybridized carbons (Fsp3) is 0.545. The van der Waals surface area contributed by atoms with Gasteiger partial charge in [0.05, 0.1) is 17.9 Å². The molecule has 6 heteroatoms. The molecular formula is C11H15N3O3. The van der Waals surface area contributed by atoms with Crippen LogP contribution in [-0.4, -0.2) is 44.9 Å². The largest absolute Gasteiger partial charge is 0.481 e. The average Bonchev–Trinajstić information content (AvgIpc) is 2.81. The molecule has 0 bridgehead atoms. The molecule has 0 aliphatic carbocycles. The molecule has 0 spiro atoms. The Morgan fingerprint density at radius 3 is 2.94 bits per heavy atom. The summed E-state index contributed by atoms with van der Waals surface area (Å²) in [5.41, 5.74) is -0.437. The average molecular weight is 237 g/mol. The van der Waals surface area contributed by atoms with Crippen LogP contribution in [0.1, 0.15) is 30.3 Å². The van der Waals surface area contributed by atoms with E-state index < -0.39 is 11.4 Å². The maximum Gasteiger partial charge on any atom is 0.311 e. The van der Waals surface area contributed by atoms with Crippen molar-refractivity contribution in [2.45, 2.75) is 19.8 Å². The van der Waals surface area contributed by atoms with Gasteiger partial charge in [0.15, 0.2) is 0 Å². The Balaban J connectivity index is 2.13. The molecule has 92 valence electrons. The summed E-state index contributed by atoms with van der Waals surface area (Å²) in [6.07, 6.45) is 4.21. The lowest BCUT2D eigenvalue weighted by Gasteiger charge is -2.37. The number of carboxylic acids is 1. The van der Waals surface area contributed by atoms with Gasteiger partial charge in [-0.3, -0.25) is 9.59 Å². The molecule has 1 aliphatic rings. The molecule has 1 amide bonds. The molecule has 2 rings (SSSR count). The van der Waals surface area contributed by atoms with Crippen molar-refractivity contribution in [1.29, 1.82) is 0 Å². The summed E-state index contributed by atoms with van der Waals surface area (Å²) in [5, 5.41) is 9.17. The van der Waals surface area contributed by atoms with Gasteiger partial charge in [-0.05, 0) is 19.8 Å². The van der Waals surface area contributed by atoms with Crippen molar-refractivity contribution in [3.05, 3.63) is 18.2 Å². The number of amides is 1. The molecule has 2 heterocycles. The van der Waals surface area contributed by atoms with Gasteiger partial charge in [-0.2, -0.15) is 0 Å². The first-order valence-electron chi connectivity index (χ1n) is 5.54. The maximum absolute atomic E-state index is 12.0. The second kappa shape index (κ2) is 4.20. The topological polar surface area (TPSA) is 86.3 Å². The molecule has 17 heavy (non-hydrogen) atoms. The number of nitrogens with one attached hydrogen (secondary N) is 1. The Morgan fingerprint density at radius 1 is 1.59 bits per heavy atom. The Kier molecular flexibility index (Phi) is 2.87. The van der Waals surface area contributed by atoms with Gasteiger partial charge in [0.2, 0.25) is 0 Å². The van der Waals surface area contributed by atoms with E-state index in [2.05, 4.69) is 9.97 Å². The molecule has 6 nitrogen and oxygen atoms in total. The van der Waals surface area contributed by atoms with Crippen molar-refractivity contribution in [3.63, 3.8) is 0 Å². The number of carbonyl (C=O) groups excluding carboxylic acids is 1. The van der Waals surface area contributed by atoms with E-state index in [1.54, 1.807) is 11.8 Å². The molecule has 1 aromatic rings. The minimum atomic E-state index is -0.848. The number of imidazole rings is 1. The van der Waals surface area contributed by atoms with E-state index in [9.17, 15) is 9.59 Å². The molecule has 2 N–H and O–H groups in total. The molecular weight excluding hydrogens is 222 g/mol. The predicted molar refractivity (Wildman–Crippen MR) is 59.5 cm³/mol. The van der Waals surface area contributed by atoms with Crippen LogP contribution in [0.2, 0.25) is 0 Å². The molecule has 1 atom stereocenters. The number of piperidine rings is 1. The van der Waals surface area contributed by atoms with Crippen molar-refractivity contribution in [3.8, 4) is 0 Å². The summed E-state index contributed by atoms with van der Waals surface area (Å²) in [6.45, 7) is 2.53. The molecule has 1 unspecified atom stereocenters. The van der Waals surface area contributed by atoms with Crippen LogP contribution in [-0.2, 0) is 4.79 Å². The van der Waals surface area contributed by atoms with Gasteiger partial charge >= 0.3 is 5.97 Å². The lowest BCUT2D eigenvalue weighted by molar-refractivity contribution is -0.150. The highest BCUT2D eigenvalue weighted by Crippen LogP contribution is 2.30. The van der Waals surface area contributed by atoms with Crippen molar-refractivity contribution >= 4 is 11.9 Å². The molecule has 0 saturated carbocycles. The molecule has 1 aromatic heterocycles. The monoisotopic (exact) mass is 237 g/mol. The predicted octanol–water partition coefficient (Wildman–Crippen LogP) is 0.737. The summed E-state index contributed by atoms with van der Waals surface area (Å²) >= 11 is 0. The first-order valence-corrected chi connectivity index (χ1v) is 5.54. The van der Waals surface area contributed by atoms with Gasteiger partial charge in [-0.25, -0.2) is 4.98 Å². The SMILES string of the molecule is CC1(C(=O)O)CCCN(C(=O)c2cnc[nH]2)C1. The van der Waals surface area contributed by atoms with Gasteiger partial charge in [-0.1, -0.05) is 0 Å². The summed E-state index contributed by atoms with van der Waals surface area (Å²) in [6, 6.07) is 0. The van der Waals surface area contributed by atoms with E-state index in [1.165, 1.54) is 12.5 Å². The van der Waals surface area contributed by atoms with Crippen LogP contribution < -0.4 is 0 Å². The molecule has 0 radical (unpaired) electrons. The van der Waals surface area contributed by atoms with Crippen LogP contribution >= 0.6 is 0 Å². The third kappa shape index (κ3) is 2.15. The number of aliphatic carboxylic acids is 1. The van der Waals surface area contributed by atoms with Gasteiger partial charge in [0, 0.05) is 13.1 Å². The van der Waals surface area contributed by atoms with Gasteiger partial charge in [0.25, 0.3) is 5.91 Å². The number of nitrogens with zero attached hydrogens (tertiary/aromatic N) is 2. The molecule has 1 aliphatic heterocycles. The van der Waals surface area contributed by atoms with Gasteiger partial charge in [0.1, 0.15) is 5.69 Å². The van der Waals surface area contributed by atoms with Crippen LogP contribution in [0.25, 0.3) is 0 Å². The minimum absolute atomic E-state index is 0.185. The third-order valence-corrected chi connectivity index (χ3v) is 3.23. The van der Waals surface area contributed by atoms with Crippen LogP contribution in [0.15, 0.2) is 12.5 Å². The number of hydrogen-bond acceptors (Lipinski definition) is 3. The van der Waals surface area contributed by atoms with E-state index in [4.69, 9.17) is 5.11 Å². The fourth-order valence-electron chi connectivity index (χ4n) is 2.13. The maximum atomic E-state index is 12.0. The highest BCUT2D eigenvalue weighted by molar-refractivity contribution is 5.92. The van der Waals surface area contributed by atoms with Gasteiger partial charge < -0.3 is 15.0 Å². The standard InChI is InChI=1S/C11H15N3O3/c1-11(10(16)17)3-2-4-14(6-11)9(15)8-5-12-7-13-8/h5,7H,2-4,6H2,1H3,(H,12,13)(H,16,17). The van der Waals surface area contributed by atoms with E-state index in [0.29, 0.717) is 25.1 Å². The van der Waals surface area contributed by atoms with Crippen LogP contribution in [0.3, 0.4) is 0 Å². The number of carbonyl (C=O) groups is 2. The van der Waals surface area contributed by atoms with Crippen LogP contribution in [0.5, 0.6) is 0 Å². The number of likely N-dealkylation sites (tertiary alicyclic amines) is 1. The zero-order valence-corrected chi connectivity index (χ0v) is 9.64. The number of aromatic nitrogens is 2. The summed E-state index contributed by atoms with van der Waals surface area (Å²) in [4.78, 5) is 31.3. The van der Waals surface area contributed by atoms with E-state index >= 15 is 0 Å². The number of H-pyrrole nitrogens is 1. The lowest BCUT2D eigenvalue weighted by Crippen LogP contribution is -2.48. The summed E-state index contributed by atoms with van der Waals surface area (Å²) in [5.74, 6) is -1.03. The lowest BCUT2D eigenvalue weighted by atomic mass is 9.82. The van der Waals surface area contributed by atoms with Crippen molar-refractivity contribution in [1.82, 2.24) is 14.9 Å². The Morgan fingerprint density at radius 2 is 2.35 bits per heavy atom. The normalized spacial score (nSPS) is 24.6. The van der Waals surface area contributed by atoms with Crippen molar-refractivity contribution < 1.29 is 14.7 Å². The second-order valence-electron chi connectivity index (χ2n) is 4.66. The van der Waals surface area contributed by atoms with E-state index in [1.807, 2.05) is 0 Å². The Labute approximate surface area is 98.7 Å². The van der Waals surface area contributed by atoms with Crippen LogP contribution in [0.4, 0.5) is 0 Å². The number of rotatable bonds is 2. The summed E-state index contributed by atoms with van der Waals surface area (Å²) < 4.78 is 0. The van der Waals surface area contributed by atoms with Crippen molar-refractivity contribution in [2.75, 3.05) is 13.1 Å². The van der Waals surface area contributed by atoms with Crippen molar-refractivity contribution in [2.24, 2.45) is 5.41 Å². The van der Waals surface area contributed by atoms with E-state index in [-0.39, 0.29) is 12.5 Å². The zero-order chi connectivity index (χ0) is 12.5. The summed E-state index contributed by atoms with van der Waals surface area (Å²) in [7, 11) is 0. The number of hydrogen-bond donors (Lipinski definition) is 2.